The molecule has 0 aliphatic carbocycles. The van der Waals surface area contributed by atoms with Crippen LogP contribution in [0.1, 0.15) is 70.4 Å². The third kappa shape index (κ3) is 12.9. The lowest BCUT2D eigenvalue weighted by Crippen LogP contribution is -2.39. The molecule has 0 radical (unpaired) electrons. The lowest BCUT2D eigenvalue weighted by atomic mass is 10.1. The molecule has 4 aliphatic rings. The minimum atomic E-state index is -0.454. The summed E-state index contributed by atoms with van der Waals surface area (Å²) in [4.78, 5) is 65.9. The van der Waals surface area contributed by atoms with Crippen molar-refractivity contribution < 1.29 is 42.2 Å². The molecular formula is C52H60N8O9S2. The zero-order valence-electron chi connectivity index (χ0n) is 41.2. The molecular weight excluding hydrogens is 945 g/mol. The maximum absolute atomic E-state index is 12.9. The fraction of sp³-hybridized carbons (Fsp3) is 0.442. The van der Waals surface area contributed by atoms with Crippen LogP contribution >= 0.6 is 22.7 Å². The Labute approximate surface area is 420 Å². The number of thiazole rings is 2. The number of carbonyl (C=O) groups excluding carboxylic acids is 3. The van der Waals surface area contributed by atoms with Crippen molar-refractivity contribution in [1.29, 1.82) is 0 Å². The SMILES string of the molecule is CC(C)(C)OC(=O)N1CCc2nc(N3CCOCC3)sc2C1.Cc1ccc(OC(=O)Cc2ccc3oc(C)nc3c2)cc1.Cc1nc2cc(CC(=O)N3CCc4nc(N5CCOCC5)sc4C3)ccc2o1. The summed E-state index contributed by atoms with van der Waals surface area (Å²) in [5, 5.41) is 2.12. The van der Waals surface area contributed by atoms with Crippen molar-refractivity contribution in [2.24, 2.45) is 0 Å². The molecule has 2 saturated heterocycles. The van der Waals surface area contributed by atoms with Crippen LogP contribution in [0.3, 0.4) is 0 Å². The van der Waals surface area contributed by atoms with Gasteiger partial charge in [0.25, 0.3) is 0 Å². The molecule has 7 aromatic rings. The van der Waals surface area contributed by atoms with E-state index in [0.29, 0.717) is 43.6 Å². The Kier molecular flexibility index (Phi) is 15.3. The number of ether oxygens (including phenoxy) is 4. The number of carbonyl (C=O) groups is 3. The van der Waals surface area contributed by atoms with E-state index in [1.54, 1.807) is 46.6 Å². The van der Waals surface area contributed by atoms with Crippen molar-refractivity contribution in [2.45, 2.75) is 85.9 Å². The van der Waals surface area contributed by atoms with Gasteiger partial charge in [-0.15, -0.1) is 0 Å². The van der Waals surface area contributed by atoms with Gasteiger partial charge in [-0.1, -0.05) is 52.5 Å². The molecule has 4 aromatic heterocycles. The first kappa shape index (κ1) is 49.6. The number of esters is 1. The molecule has 4 aliphatic heterocycles. The predicted molar refractivity (Wildman–Crippen MR) is 271 cm³/mol. The van der Waals surface area contributed by atoms with Crippen LogP contribution in [0, 0.1) is 20.8 Å². The van der Waals surface area contributed by atoms with Crippen LogP contribution in [0.5, 0.6) is 5.75 Å². The Morgan fingerprint density at radius 2 is 1.11 bits per heavy atom. The van der Waals surface area contributed by atoms with Crippen molar-refractivity contribution in [3.63, 3.8) is 0 Å². The summed E-state index contributed by atoms with van der Waals surface area (Å²) in [6.45, 7) is 20.5. The van der Waals surface area contributed by atoms with E-state index in [1.165, 1.54) is 9.75 Å². The second-order valence-electron chi connectivity index (χ2n) is 18.9. The summed E-state index contributed by atoms with van der Waals surface area (Å²) in [6, 6.07) is 18.7. The number of amides is 2. The lowest BCUT2D eigenvalue weighted by molar-refractivity contribution is -0.133. The molecule has 0 atom stereocenters. The van der Waals surface area contributed by atoms with Crippen LogP contribution in [0.4, 0.5) is 15.1 Å². The summed E-state index contributed by atoms with van der Waals surface area (Å²) >= 11 is 3.41. The zero-order chi connectivity index (χ0) is 49.6. The Balaban J connectivity index is 0.000000134. The van der Waals surface area contributed by atoms with Gasteiger partial charge in [-0.25, -0.2) is 24.7 Å². The topological polar surface area (TPSA) is 179 Å². The highest BCUT2D eigenvalue weighted by molar-refractivity contribution is 7.16. The van der Waals surface area contributed by atoms with E-state index < -0.39 is 5.60 Å². The van der Waals surface area contributed by atoms with Gasteiger partial charge in [0.1, 0.15) is 22.4 Å². The summed E-state index contributed by atoms with van der Waals surface area (Å²) in [5.74, 6) is 1.67. The highest BCUT2D eigenvalue weighted by Gasteiger charge is 2.30. The van der Waals surface area contributed by atoms with E-state index in [2.05, 4.69) is 19.8 Å². The van der Waals surface area contributed by atoms with Crippen molar-refractivity contribution in [3.05, 3.63) is 110 Å². The van der Waals surface area contributed by atoms with Gasteiger partial charge in [0.15, 0.2) is 33.2 Å². The summed E-state index contributed by atoms with van der Waals surface area (Å²) in [6.07, 6.45) is 1.97. The zero-order valence-corrected chi connectivity index (χ0v) is 42.8. The smallest absolute Gasteiger partial charge is 0.410 e. The average molecular weight is 1010 g/mol. The molecule has 0 unspecified atom stereocenters. The van der Waals surface area contributed by atoms with E-state index in [4.69, 9.17) is 37.7 Å². The Morgan fingerprint density at radius 3 is 1.63 bits per heavy atom. The number of fused-ring (bicyclic) bond motifs is 4. The molecule has 0 spiro atoms. The average Bonchev–Trinajstić information content (AvgIpc) is 4.16. The largest absolute Gasteiger partial charge is 0.444 e. The number of anilines is 2. The normalized spacial score (nSPS) is 15.9. The van der Waals surface area contributed by atoms with E-state index in [0.717, 1.165) is 133 Å². The molecule has 0 saturated carbocycles. The van der Waals surface area contributed by atoms with Crippen LogP contribution in [0.15, 0.2) is 69.5 Å². The van der Waals surface area contributed by atoms with Gasteiger partial charge in [0, 0.05) is 75.7 Å². The molecule has 2 amide bonds. The number of benzene rings is 3. The second-order valence-corrected chi connectivity index (χ2v) is 21.0. The Bertz CT molecular complexity index is 2980. The molecule has 17 nitrogen and oxygen atoms in total. The van der Waals surface area contributed by atoms with Gasteiger partial charge in [-0.05, 0) is 75.2 Å². The van der Waals surface area contributed by atoms with E-state index in [1.807, 2.05) is 88.0 Å². The number of morpholine rings is 2. The maximum Gasteiger partial charge on any atom is 0.410 e. The second kappa shape index (κ2) is 21.9. The van der Waals surface area contributed by atoms with Gasteiger partial charge in [0.2, 0.25) is 5.91 Å². The summed E-state index contributed by atoms with van der Waals surface area (Å²) in [7, 11) is 0. The first-order chi connectivity index (χ1) is 34.2. The van der Waals surface area contributed by atoms with Crippen LogP contribution in [-0.4, -0.2) is 119 Å². The van der Waals surface area contributed by atoms with Gasteiger partial charge in [-0.3, -0.25) is 9.59 Å². The highest BCUT2D eigenvalue weighted by Crippen LogP contribution is 2.33. The van der Waals surface area contributed by atoms with Gasteiger partial charge in [-0.2, -0.15) is 0 Å². The van der Waals surface area contributed by atoms with Crippen molar-refractivity contribution in [3.8, 4) is 5.75 Å². The first-order valence-electron chi connectivity index (χ1n) is 24.1. The Morgan fingerprint density at radius 1 is 0.620 bits per heavy atom. The fourth-order valence-electron chi connectivity index (χ4n) is 8.46. The molecule has 2 fully saturated rings. The number of hydrogen-bond acceptors (Lipinski definition) is 17. The van der Waals surface area contributed by atoms with Crippen molar-refractivity contribution >= 4 is 73.1 Å². The number of aryl methyl sites for hydroxylation is 3. The van der Waals surface area contributed by atoms with Crippen molar-refractivity contribution in [1.82, 2.24) is 29.7 Å². The monoisotopic (exact) mass is 1000 g/mol. The lowest BCUT2D eigenvalue weighted by Gasteiger charge is -2.29. The molecule has 71 heavy (non-hydrogen) atoms. The Hall–Kier alpha value is -6.41. The standard InChI is InChI=1S/C20H22N4O3S.C17H15NO3.C15H23N3O3S/c1-13-21-16-10-14(2-3-17(16)27-13)11-19(25)24-5-4-15-18(12-24)28-20(22-15)23-6-8-26-9-7-23;1-11-3-6-14(7-4-11)21-17(19)10-13-5-8-16-15(9-13)18-12(2)20-16;1-15(2,3)21-14(19)18-5-4-11-12(10-18)22-13(16-11)17-6-8-20-9-7-17/h2-3,10H,4-9,11-12H2,1H3;3-9H,10H2,1-2H3;4-10H2,1-3H3. The van der Waals surface area contributed by atoms with Crippen LogP contribution in [-0.2, 0) is 62.6 Å². The molecule has 0 N–H and O–H groups in total. The van der Waals surface area contributed by atoms with Crippen LogP contribution in [0.2, 0.25) is 0 Å². The van der Waals surface area contributed by atoms with Crippen LogP contribution < -0.4 is 14.5 Å². The van der Waals surface area contributed by atoms with E-state index in [9.17, 15) is 14.4 Å². The van der Waals surface area contributed by atoms with Crippen molar-refractivity contribution in [2.75, 3.05) is 75.5 Å². The van der Waals surface area contributed by atoms with E-state index in [-0.39, 0.29) is 24.4 Å². The van der Waals surface area contributed by atoms with Crippen LogP contribution in [0.25, 0.3) is 22.2 Å². The number of hydrogen-bond donors (Lipinski definition) is 0. The molecule has 8 heterocycles. The first-order valence-corrected chi connectivity index (χ1v) is 25.7. The minimum Gasteiger partial charge on any atom is -0.444 e. The molecule has 0 bridgehead atoms. The van der Waals surface area contributed by atoms with Gasteiger partial charge >= 0.3 is 12.1 Å². The third-order valence-electron chi connectivity index (χ3n) is 12.1. The van der Waals surface area contributed by atoms with Gasteiger partial charge < -0.3 is 47.4 Å². The minimum absolute atomic E-state index is 0.145. The number of aromatic nitrogens is 4. The number of oxazole rings is 2. The fourth-order valence-corrected chi connectivity index (χ4v) is 10.8. The highest BCUT2D eigenvalue weighted by atomic mass is 32.1. The maximum atomic E-state index is 12.9. The molecule has 374 valence electrons. The summed E-state index contributed by atoms with van der Waals surface area (Å²) < 4.78 is 32.5. The molecule has 3 aromatic carbocycles. The molecule has 19 heteroatoms. The number of rotatable bonds is 7. The summed E-state index contributed by atoms with van der Waals surface area (Å²) in [5.41, 5.74) is 7.82. The predicted octanol–water partition coefficient (Wildman–Crippen LogP) is 8.42. The quantitative estimate of drug-likeness (QED) is 0.110. The van der Waals surface area contributed by atoms with E-state index >= 15 is 0 Å². The number of nitrogens with zero attached hydrogens (tertiary/aromatic N) is 8. The molecule has 11 rings (SSSR count). The van der Waals surface area contributed by atoms with Gasteiger partial charge in [0.05, 0.1) is 63.7 Å². The third-order valence-corrected chi connectivity index (χ3v) is 14.4.